The van der Waals surface area contributed by atoms with Crippen molar-refractivity contribution in [1.82, 2.24) is 4.98 Å². The summed E-state index contributed by atoms with van der Waals surface area (Å²) in [6.45, 7) is 5.11. The molecule has 0 amide bonds. The highest BCUT2D eigenvalue weighted by atomic mass is 79.9. The van der Waals surface area contributed by atoms with Gasteiger partial charge in [0.25, 0.3) is 0 Å². The van der Waals surface area contributed by atoms with Crippen LogP contribution in [0, 0.1) is 0 Å². The number of rotatable bonds is 5. The number of aromatic nitrogens is 1. The molecule has 1 heterocycles. The Morgan fingerprint density at radius 1 is 1.16 bits per heavy atom. The molecular formula is C15H18BrN3. The average Bonchev–Trinajstić information content (AvgIpc) is 2.40. The van der Waals surface area contributed by atoms with Crippen LogP contribution >= 0.6 is 15.9 Å². The standard InChI is InChI=1S/C15H18BrN3/c1-3-18-14-8-15(10-17-9-14)19-11(2)12-4-6-13(16)7-5-12/h4-11,18-19H,3H2,1-2H3. The zero-order valence-electron chi connectivity index (χ0n) is 11.2. The van der Waals surface area contributed by atoms with E-state index in [0.717, 1.165) is 22.4 Å². The van der Waals surface area contributed by atoms with Gasteiger partial charge in [-0.05, 0) is 37.6 Å². The Kier molecular flexibility index (Phi) is 4.80. The minimum atomic E-state index is 0.242. The molecule has 0 aliphatic heterocycles. The number of halogens is 1. The maximum Gasteiger partial charge on any atom is 0.0552 e. The van der Waals surface area contributed by atoms with Gasteiger partial charge in [-0.2, -0.15) is 0 Å². The molecule has 2 rings (SSSR count). The number of anilines is 2. The molecule has 1 aromatic carbocycles. The lowest BCUT2D eigenvalue weighted by molar-refractivity contribution is 0.882. The van der Waals surface area contributed by atoms with Crippen LogP contribution in [-0.4, -0.2) is 11.5 Å². The summed E-state index contributed by atoms with van der Waals surface area (Å²) in [4.78, 5) is 4.23. The number of nitrogens with one attached hydrogen (secondary N) is 2. The zero-order valence-corrected chi connectivity index (χ0v) is 12.7. The molecule has 0 saturated heterocycles. The number of hydrogen-bond acceptors (Lipinski definition) is 3. The van der Waals surface area contributed by atoms with Gasteiger partial charge >= 0.3 is 0 Å². The van der Waals surface area contributed by atoms with Gasteiger partial charge in [-0.3, -0.25) is 4.98 Å². The van der Waals surface area contributed by atoms with E-state index in [2.05, 4.69) is 75.7 Å². The van der Waals surface area contributed by atoms with E-state index in [1.807, 2.05) is 12.4 Å². The molecule has 0 fully saturated rings. The first-order valence-electron chi connectivity index (χ1n) is 6.40. The van der Waals surface area contributed by atoms with Crippen molar-refractivity contribution in [2.75, 3.05) is 17.2 Å². The van der Waals surface area contributed by atoms with E-state index in [-0.39, 0.29) is 6.04 Å². The van der Waals surface area contributed by atoms with E-state index in [9.17, 15) is 0 Å². The quantitative estimate of drug-likeness (QED) is 0.855. The van der Waals surface area contributed by atoms with Crippen molar-refractivity contribution in [3.05, 3.63) is 52.8 Å². The second-order valence-corrected chi connectivity index (χ2v) is 5.33. The van der Waals surface area contributed by atoms with Gasteiger partial charge in [0.15, 0.2) is 0 Å². The minimum absolute atomic E-state index is 0.242. The largest absolute Gasteiger partial charge is 0.384 e. The van der Waals surface area contributed by atoms with Crippen molar-refractivity contribution in [2.45, 2.75) is 19.9 Å². The topological polar surface area (TPSA) is 37.0 Å². The van der Waals surface area contributed by atoms with Crippen LogP contribution in [0.4, 0.5) is 11.4 Å². The molecule has 100 valence electrons. The van der Waals surface area contributed by atoms with E-state index in [4.69, 9.17) is 0 Å². The SMILES string of the molecule is CCNc1cncc(NC(C)c2ccc(Br)cc2)c1. The Hall–Kier alpha value is -1.55. The van der Waals surface area contributed by atoms with Gasteiger partial charge in [-0.1, -0.05) is 28.1 Å². The Morgan fingerprint density at radius 2 is 1.84 bits per heavy atom. The predicted molar refractivity (Wildman–Crippen MR) is 84.6 cm³/mol. The van der Waals surface area contributed by atoms with Crippen LogP contribution in [0.15, 0.2) is 47.2 Å². The number of benzene rings is 1. The summed E-state index contributed by atoms with van der Waals surface area (Å²) in [5.41, 5.74) is 3.31. The molecule has 0 aliphatic carbocycles. The Bertz CT molecular complexity index is 525. The third-order valence-corrected chi connectivity index (χ3v) is 3.40. The van der Waals surface area contributed by atoms with Crippen molar-refractivity contribution in [1.29, 1.82) is 0 Å². The van der Waals surface area contributed by atoms with Gasteiger partial charge < -0.3 is 10.6 Å². The lowest BCUT2D eigenvalue weighted by atomic mass is 10.1. The molecule has 0 radical (unpaired) electrons. The van der Waals surface area contributed by atoms with E-state index in [0.29, 0.717) is 0 Å². The first-order valence-corrected chi connectivity index (χ1v) is 7.19. The molecule has 19 heavy (non-hydrogen) atoms. The number of hydrogen-bond donors (Lipinski definition) is 2. The summed E-state index contributed by atoms with van der Waals surface area (Å²) in [6.07, 6.45) is 3.68. The molecule has 3 nitrogen and oxygen atoms in total. The fourth-order valence-electron chi connectivity index (χ4n) is 1.90. The molecule has 1 unspecified atom stereocenters. The van der Waals surface area contributed by atoms with E-state index in [1.54, 1.807) is 0 Å². The maximum absolute atomic E-state index is 4.23. The average molecular weight is 320 g/mol. The monoisotopic (exact) mass is 319 g/mol. The first kappa shape index (κ1) is 13.9. The molecule has 0 aliphatic rings. The fraction of sp³-hybridized carbons (Fsp3) is 0.267. The van der Waals surface area contributed by atoms with Gasteiger partial charge in [0.2, 0.25) is 0 Å². The van der Waals surface area contributed by atoms with Gasteiger partial charge in [0, 0.05) is 17.1 Å². The summed E-state index contributed by atoms with van der Waals surface area (Å²) in [7, 11) is 0. The highest BCUT2D eigenvalue weighted by Crippen LogP contribution is 2.22. The summed E-state index contributed by atoms with van der Waals surface area (Å²) in [5, 5.41) is 6.72. The predicted octanol–water partition coefficient (Wildman–Crippen LogP) is 4.45. The summed E-state index contributed by atoms with van der Waals surface area (Å²) in [5.74, 6) is 0. The van der Waals surface area contributed by atoms with Gasteiger partial charge in [-0.25, -0.2) is 0 Å². The lowest BCUT2D eigenvalue weighted by Crippen LogP contribution is -2.07. The lowest BCUT2D eigenvalue weighted by Gasteiger charge is -2.16. The van der Waals surface area contributed by atoms with Crippen molar-refractivity contribution in [2.24, 2.45) is 0 Å². The molecule has 4 heteroatoms. The second-order valence-electron chi connectivity index (χ2n) is 4.41. The van der Waals surface area contributed by atoms with Gasteiger partial charge in [0.1, 0.15) is 0 Å². The molecule has 0 saturated carbocycles. The molecule has 1 aromatic heterocycles. The second kappa shape index (κ2) is 6.57. The third kappa shape index (κ3) is 3.96. The van der Waals surface area contributed by atoms with Crippen LogP contribution in [0.1, 0.15) is 25.5 Å². The van der Waals surface area contributed by atoms with E-state index in [1.165, 1.54) is 5.56 Å². The maximum atomic E-state index is 4.23. The van der Waals surface area contributed by atoms with Crippen LogP contribution < -0.4 is 10.6 Å². The summed E-state index contributed by atoms with van der Waals surface area (Å²) >= 11 is 3.45. The van der Waals surface area contributed by atoms with Crippen molar-refractivity contribution >= 4 is 27.3 Å². The Balaban J connectivity index is 2.07. The molecule has 1 atom stereocenters. The normalized spacial score (nSPS) is 11.9. The number of nitrogens with zero attached hydrogens (tertiary/aromatic N) is 1. The van der Waals surface area contributed by atoms with Gasteiger partial charge in [-0.15, -0.1) is 0 Å². The third-order valence-electron chi connectivity index (χ3n) is 2.87. The highest BCUT2D eigenvalue weighted by molar-refractivity contribution is 9.10. The summed E-state index contributed by atoms with van der Waals surface area (Å²) < 4.78 is 1.10. The van der Waals surface area contributed by atoms with E-state index >= 15 is 0 Å². The van der Waals surface area contributed by atoms with E-state index < -0.39 is 0 Å². The smallest absolute Gasteiger partial charge is 0.0552 e. The fourth-order valence-corrected chi connectivity index (χ4v) is 2.17. The number of pyridine rings is 1. The Morgan fingerprint density at radius 3 is 2.53 bits per heavy atom. The highest BCUT2D eigenvalue weighted by Gasteiger charge is 2.05. The molecule has 0 spiro atoms. The molecule has 2 N–H and O–H groups in total. The van der Waals surface area contributed by atoms with Crippen LogP contribution in [0.3, 0.4) is 0 Å². The zero-order chi connectivity index (χ0) is 13.7. The van der Waals surface area contributed by atoms with Gasteiger partial charge in [0.05, 0.1) is 23.8 Å². The van der Waals surface area contributed by atoms with Crippen molar-refractivity contribution in [3.63, 3.8) is 0 Å². The Labute approximate surface area is 122 Å². The van der Waals surface area contributed by atoms with Crippen molar-refractivity contribution < 1.29 is 0 Å². The summed E-state index contributed by atoms with van der Waals surface area (Å²) in [6, 6.07) is 10.7. The van der Waals surface area contributed by atoms with Crippen molar-refractivity contribution in [3.8, 4) is 0 Å². The van der Waals surface area contributed by atoms with Crippen LogP contribution in [0.25, 0.3) is 0 Å². The first-order chi connectivity index (χ1) is 9.19. The minimum Gasteiger partial charge on any atom is -0.384 e. The van der Waals surface area contributed by atoms with Crippen LogP contribution in [0.2, 0.25) is 0 Å². The molecule has 2 aromatic rings. The van der Waals surface area contributed by atoms with Crippen LogP contribution in [0.5, 0.6) is 0 Å². The molecule has 0 bridgehead atoms. The molecular weight excluding hydrogens is 302 g/mol. The van der Waals surface area contributed by atoms with Crippen LogP contribution in [-0.2, 0) is 0 Å².